The largest absolute Gasteiger partial charge is 0.507 e. The standard InChI is InChI=1S/C32H48N2O4/c1-11-22-16-20(17-23(28(22)37)30(2,3)4)12-14-26(35)33-34-27(36)15-13-21-18-24(31(5,6)7)29(38)25(19-21)32(8,9)10/h16-19,37-38H,11-15H2,1-10H3,(H,33,35)(H,34,36). The van der Waals surface area contributed by atoms with E-state index in [1.165, 1.54) is 0 Å². The Bertz CT molecular complexity index is 1130. The van der Waals surface area contributed by atoms with Gasteiger partial charge in [0.25, 0.3) is 0 Å². The van der Waals surface area contributed by atoms with Gasteiger partial charge < -0.3 is 10.2 Å². The van der Waals surface area contributed by atoms with Crippen molar-refractivity contribution in [2.45, 2.75) is 118 Å². The van der Waals surface area contributed by atoms with Gasteiger partial charge in [-0.1, -0.05) is 93.5 Å². The second-order valence-corrected chi connectivity index (χ2v) is 13.4. The fourth-order valence-corrected chi connectivity index (χ4v) is 4.51. The molecule has 2 amide bonds. The Kier molecular flexibility index (Phi) is 9.68. The number of aryl methyl sites for hydroxylation is 3. The summed E-state index contributed by atoms with van der Waals surface area (Å²) >= 11 is 0. The molecular weight excluding hydrogens is 476 g/mol. The summed E-state index contributed by atoms with van der Waals surface area (Å²) in [5.41, 5.74) is 9.82. The van der Waals surface area contributed by atoms with E-state index in [0.29, 0.717) is 30.8 Å². The molecule has 38 heavy (non-hydrogen) atoms. The van der Waals surface area contributed by atoms with Crippen LogP contribution < -0.4 is 10.9 Å². The number of amides is 2. The number of carbonyl (C=O) groups excluding carboxylic acids is 2. The molecule has 2 rings (SSSR count). The third-order valence-corrected chi connectivity index (χ3v) is 6.85. The summed E-state index contributed by atoms with van der Waals surface area (Å²) in [6, 6.07) is 7.87. The van der Waals surface area contributed by atoms with Crippen molar-refractivity contribution in [1.29, 1.82) is 0 Å². The van der Waals surface area contributed by atoms with E-state index >= 15 is 0 Å². The van der Waals surface area contributed by atoms with E-state index in [0.717, 1.165) is 33.4 Å². The van der Waals surface area contributed by atoms with Gasteiger partial charge in [0.05, 0.1) is 0 Å². The number of aromatic hydroxyl groups is 2. The highest BCUT2D eigenvalue weighted by Crippen LogP contribution is 2.40. The van der Waals surface area contributed by atoms with E-state index in [4.69, 9.17) is 0 Å². The van der Waals surface area contributed by atoms with Gasteiger partial charge in [-0.25, -0.2) is 0 Å². The molecule has 0 aliphatic carbocycles. The van der Waals surface area contributed by atoms with Crippen LogP contribution in [0.25, 0.3) is 0 Å². The lowest BCUT2D eigenvalue weighted by molar-refractivity contribution is -0.128. The minimum Gasteiger partial charge on any atom is -0.507 e. The second-order valence-electron chi connectivity index (χ2n) is 13.4. The van der Waals surface area contributed by atoms with Gasteiger partial charge in [0.1, 0.15) is 11.5 Å². The molecule has 4 N–H and O–H groups in total. The van der Waals surface area contributed by atoms with Gasteiger partial charge in [-0.2, -0.15) is 0 Å². The number of hydrogen-bond acceptors (Lipinski definition) is 4. The maximum atomic E-state index is 12.5. The second kappa shape index (κ2) is 11.8. The van der Waals surface area contributed by atoms with Crippen LogP contribution in [0.3, 0.4) is 0 Å². The Balaban J connectivity index is 1.99. The molecule has 0 radical (unpaired) electrons. The molecule has 0 bridgehead atoms. The molecule has 0 unspecified atom stereocenters. The molecule has 6 nitrogen and oxygen atoms in total. The van der Waals surface area contributed by atoms with Crippen molar-refractivity contribution in [2.75, 3.05) is 0 Å². The topological polar surface area (TPSA) is 98.7 Å². The molecule has 2 aromatic carbocycles. The van der Waals surface area contributed by atoms with Crippen molar-refractivity contribution in [3.05, 3.63) is 57.6 Å². The Morgan fingerprint density at radius 2 is 0.974 bits per heavy atom. The van der Waals surface area contributed by atoms with Gasteiger partial charge in [0.2, 0.25) is 11.8 Å². The monoisotopic (exact) mass is 524 g/mol. The lowest BCUT2D eigenvalue weighted by Crippen LogP contribution is -2.41. The number of carbonyl (C=O) groups is 2. The lowest BCUT2D eigenvalue weighted by atomic mass is 9.78. The smallest absolute Gasteiger partial charge is 0.238 e. The van der Waals surface area contributed by atoms with Crippen molar-refractivity contribution in [2.24, 2.45) is 0 Å². The molecule has 0 aromatic heterocycles. The molecule has 2 aromatic rings. The SMILES string of the molecule is CCc1cc(CCC(=O)NNC(=O)CCc2cc(C(C)(C)C)c(O)c(C(C)(C)C)c2)cc(C(C)(C)C)c1O. The zero-order valence-electron chi connectivity index (χ0n) is 25.1. The summed E-state index contributed by atoms with van der Waals surface area (Å²) < 4.78 is 0. The normalized spacial score (nSPS) is 12.4. The van der Waals surface area contributed by atoms with Crippen LogP contribution in [-0.2, 0) is 45.1 Å². The maximum absolute atomic E-state index is 12.5. The number of hydrazine groups is 1. The van der Waals surface area contributed by atoms with Gasteiger partial charge >= 0.3 is 0 Å². The summed E-state index contributed by atoms with van der Waals surface area (Å²) in [6.07, 6.45) is 2.15. The Morgan fingerprint density at radius 1 is 0.632 bits per heavy atom. The highest BCUT2D eigenvalue weighted by atomic mass is 16.3. The molecule has 0 heterocycles. The van der Waals surface area contributed by atoms with Crippen LogP contribution in [0.5, 0.6) is 11.5 Å². The number of nitrogens with one attached hydrogen (secondary N) is 2. The van der Waals surface area contributed by atoms with E-state index in [-0.39, 0.29) is 40.9 Å². The average Bonchev–Trinajstić information content (AvgIpc) is 2.78. The minimum absolute atomic E-state index is 0.209. The van der Waals surface area contributed by atoms with E-state index in [1.807, 2.05) is 31.2 Å². The van der Waals surface area contributed by atoms with Gasteiger partial charge in [-0.05, 0) is 68.9 Å². The first-order chi connectivity index (χ1) is 17.3. The minimum atomic E-state index is -0.269. The summed E-state index contributed by atoms with van der Waals surface area (Å²) in [7, 11) is 0. The Labute approximate surface area is 229 Å². The molecule has 0 aliphatic rings. The molecule has 0 fully saturated rings. The van der Waals surface area contributed by atoms with E-state index in [9.17, 15) is 19.8 Å². The van der Waals surface area contributed by atoms with Crippen molar-refractivity contribution >= 4 is 11.8 Å². The van der Waals surface area contributed by atoms with Crippen LogP contribution in [0.4, 0.5) is 0 Å². The van der Waals surface area contributed by atoms with Crippen molar-refractivity contribution in [3.8, 4) is 11.5 Å². The predicted octanol–water partition coefficient (Wildman–Crippen LogP) is 6.27. The molecular formula is C32H48N2O4. The zero-order chi connectivity index (χ0) is 29.1. The number of benzene rings is 2. The first-order valence-electron chi connectivity index (χ1n) is 13.6. The third-order valence-electron chi connectivity index (χ3n) is 6.85. The van der Waals surface area contributed by atoms with E-state index < -0.39 is 0 Å². The Morgan fingerprint density at radius 3 is 1.32 bits per heavy atom. The van der Waals surface area contributed by atoms with Gasteiger partial charge in [0, 0.05) is 12.8 Å². The lowest BCUT2D eigenvalue weighted by Gasteiger charge is -2.28. The number of phenols is 2. The first-order valence-corrected chi connectivity index (χ1v) is 13.6. The van der Waals surface area contributed by atoms with Crippen LogP contribution in [0.2, 0.25) is 0 Å². The third kappa shape index (κ3) is 8.24. The fraction of sp³-hybridized carbons (Fsp3) is 0.562. The molecule has 0 saturated carbocycles. The highest BCUT2D eigenvalue weighted by Gasteiger charge is 2.26. The zero-order valence-corrected chi connectivity index (χ0v) is 25.1. The average molecular weight is 525 g/mol. The summed E-state index contributed by atoms with van der Waals surface area (Å²) in [5, 5.41) is 21.5. The number of rotatable bonds is 7. The molecule has 6 heteroatoms. The number of hydrogen-bond donors (Lipinski definition) is 4. The summed E-state index contributed by atoms with van der Waals surface area (Å²) in [6.45, 7) is 20.5. The van der Waals surface area contributed by atoms with Crippen LogP contribution in [0.1, 0.15) is 115 Å². The molecule has 0 spiro atoms. The van der Waals surface area contributed by atoms with Crippen molar-refractivity contribution in [1.82, 2.24) is 10.9 Å². The Hall–Kier alpha value is -3.02. The van der Waals surface area contributed by atoms with Gasteiger partial charge in [-0.15, -0.1) is 0 Å². The molecule has 210 valence electrons. The fourth-order valence-electron chi connectivity index (χ4n) is 4.51. The predicted molar refractivity (Wildman–Crippen MR) is 155 cm³/mol. The molecule has 0 atom stereocenters. The molecule has 0 saturated heterocycles. The van der Waals surface area contributed by atoms with E-state index in [2.05, 4.69) is 73.2 Å². The summed E-state index contributed by atoms with van der Waals surface area (Å²) in [4.78, 5) is 24.9. The first kappa shape index (κ1) is 31.2. The van der Waals surface area contributed by atoms with Crippen LogP contribution in [0.15, 0.2) is 24.3 Å². The van der Waals surface area contributed by atoms with Gasteiger partial charge in [0.15, 0.2) is 0 Å². The summed E-state index contributed by atoms with van der Waals surface area (Å²) in [5.74, 6) is 0.114. The van der Waals surface area contributed by atoms with Crippen LogP contribution >= 0.6 is 0 Å². The van der Waals surface area contributed by atoms with Crippen molar-refractivity contribution < 1.29 is 19.8 Å². The quantitative estimate of drug-likeness (QED) is 0.321. The maximum Gasteiger partial charge on any atom is 0.238 e. The van der Waals surface area contributed by atoms with E-state index in [1.54, 1.807) is 0 Å². The van der Waals surface area contributed by atoms with Crippen molar-refractivity contribution in [3.63, 3.8) is 0 Å². The van der Waals surface area contributed by atoms with Gasteiger partial charge in [-0.3, -0.25) is 20.4 Å². The molecule has 0 aliphatic heterocycles. The highest BCUT2D eigenvalue weighted by molar-refractivity contribution is 5.82. The van der Waals surface area contributed by atoms with Crippen LogP contribution in [0, 0.1) is 0 Å². The van der Waals surface area contributed by atoms with Crippen LogP contribution in [-0.4, -0.2) is 22.0 Å². The number of phenolic OH excluding ortho intramolecular Hbond substituents is 2.